The van der Waals surface area contributed by atoms with Gasteiger partial charge in [-0.25, -0.2) is 4.98 Å². The minimum absolute atomic E-state index is 0. The number of unbranched alkanes of at least 4 members (excludes halogenated alkanes) is 1. The van der Waals surface area contributed by atoms with Crippen molar-refractivity contribution in [2.75, 3.05) is 31.1 Å². The molecule has 30 heavy (non-hydrogen) atoms. The number of nitrogens with zero attached hydrogens (tertiary/aromatic N) is 4. The highest BCUT2D eigenvalue weighted by Crippen LogP contribution is 2.23. The van der Waals surface area contributed by atoms with E-state index in [9.17, 15) is 0 Å². The minimum atomic E-state index is 0. The zero-order chi connectivity index (χ0) is 20.5. The van der Waals surface area contributed by atoms with Gasteiger partial charge in [-0.3, -0.25) is 4.99 Å². The van der Waals surface area contributed by atoms with E-state index < -0.39 is 0 Å². The highest BCUT2D eigenvalue weighted by atomic mass is 127. The lowest BCUT2D eigenvalue weighted by molar-refractivity contribution is 0.599. The molecule has 6 nitrogen and oxygen atoms in total. The van der Waals surface area contributed by atoms with Crippen LogP contribution in [0, 0.1) is 6.92 Å². The van der Waals surface area contributed by atoms with Gasteiger partial charge in [0.15, 0.2) is 5.96 Å². The van der Waals surface area contributed by atoms with Crippen LogP contribution in [0.5, 0.6) is 0 Å². The molecule has 1 unspecified atom stereocenters. The summed E-state index contributed by atoms with van der Waals surface area (Å²) in [6, 6.07) is 9.13. The predicted octanol–water partition coefficient (Wildman–Crippen LogP) is 4.51. The minimum Gasteiger partial charge on any atom is -0.372 e. The second-order valence-corrected chi connectivity index (χ2v) is 7.79. The lowest BCUT2D eigenvalue weighted by atomic mass is 10.1. The van der Waals surface area contributed by atoms with Crippen molar-refractivity contribution >= 4 is 35.6 Å². The van der Waals surface area contributed by atoms with Gasteiger partial charge in [-0.2, -0.15) is 0 Å². The number of aryl methyl sites for hydroxylation is 2. The fourth-order valence-electron chi connectivity index (χ4n) is 3.80. The Morgan fingerprint density at radius 3 is 2.73 bits per heavy atom. The van der Waals surface area contributed by atoms with Gasteiger partial charge >= 0.3 is 0 Å². The van der Waals surface area contributed by atoms with Crippen molar-refractivity contribution in [2.45, 2.75) is 59.0 Å². The van der Waals surface area contributed by atoms with Gasteiger partial charge in [0.1, 0.15) is 5.82 Å². The number of hydrogen-bond donors (Lipinski definition) is 2. The lowest BCUT2D eigenvalue weighted by Gasteiger charge is -2.22. The van der Waals surface area contributed by atoms with Crippen LogP contribution in [-0.2, 0) is 6.54 Å². The summed E-state index contributed by atoms with van der Waals surface area (Å²) >= 11 is 0. The molecule has 0 saturated carbocycles. The molecule has 7 heteroatoms. The van der Waals surface area contributed by atoms with E-state index in [1.54, 1.807) is 0 Å². The maximum Gasteiger partial charge on any atom is 0.191 e. The van der Waals surface area contributed by atoms with Gasteiger partial charge in [-0.05, 0) is 64.2 Å². The summed E-state index contributed by atoms with van der Waals surface area (Å²) in [5.41, 5.74) is 2.64. The van der Waals surface area contributed by atoms with E-state index in [4.69, 9.17) is 4.99 Å². The second kappa shape index (κ2) is 12.8. The average molecular weight is 524 g/mol. The number of benzene rings is 1. The summed E-state index contributed by atoms with van der Waals surface area (Å²) in [4.78, 5) is 11.5. The van der Waals surface area contributed by atoms with Crippen LogP contribution in [0.15, 0.2) is 41.7 Å². The SMILES string of the molecule is CCNC(=NCCCCn1ccnc1C)NC(C)c1cccc(N2CCCC2)c1.I. The maximum absolute atomic E-state index is 4.78. The molecule has 1 atom stereocenters. The molecule has 0 bridgehead atoms. The Bertz CT molecular complexity index is 782. The van der Waals surface area contributed by atoms with Crippen molar-refractivity contribution in [1.82, 2.24) is 20.2 Å². The fraction of sp³-hybridized carbons (Fsp3) is 0.565. The lowest BCUT2D eigenvalue weighted by Crippen LogP contribution is -2.38. The molecular weight excluding hydrogens is 487 g/mol. The van der Waals surface area contributed by atoms with Gasteiger partial charge in [0, 0.05) is 50.8 Å². The summed E-state index contributed by atoms with van der Waals surface area (Å²) in [6.45, 7) is 11.4. The Balaban J connectivity index is 0.00000320. The van der Waals surface area contributed by atoms with Crippen molar-refractivity contribution < 1.29 is 0 Å². The third kappa shape index (κ3) is 7.18. The molecule has 0 radical (unpaired) electrons. The molecule has 166 valence electrons. The van der Waals surface area contributed by atoms with Gasteiger partial charge in [-0.15, -0.1) is 24.0 Å². The predicted molar refractivity (Wildman–Crippen MR) is 137 cm³/mol. The number of anilines is 1. The quantitative estimate of drug-likeness (QED) is 0.220. The molecule has 2 heterocycles. The molecule has 2 N–H and O–H groups in total. The van der Waals surface area contributed by atoms with Gasteiger partial charge in [0.05, 0.1) is 6.04 Å². The van der Waals surface area contributed by atoms with E-state index in [1.165, 1.54) is 37.2 Å². The third-order valence-corrected chi connectivity index (χ3v) is 5.54. The Labute approximate surface area is 198 Å². The van der Waals surface area contributed by atoms with E-state index in [-0.39, 0.29) is 30.0 Å². The number of aliphatic imine (C=N–C) groups is 1. The third-order valence-electron chi connectivity index (χ3n) is 5.54. The van der Waals surface area contributed by atoms with Crippen LogP contribution in [0.2, 0.25) is 0 Å². The standard InChI is InChI=1S/C23H36N6.HI/c1-4-24-23(26-12-5-6-14-28-17-13-25-20(28)3)27-19(2)21-10-9-11-22(18-21)29-15-7-8-16-29;/h9-11,13,17-19H,4-8,12,14-16H2,1-3H3,(H2,24,26,27);1H. The summed E-state index contributed by atoms with van der Waals surface area (Å²) in [7, 11) is 0. The Hall–Kier alpha value is -1.77. The van der Waals surface area contributed by atoms with Crippen LogP contribution >= 0.6 is 24.0 Å². The van der Waals surface area contributed by atoms with Crippen LogP contribution in [0.25, 0.3) is 0 Å². The molecule has 1 aromatic heterocycles. The number of nitrogens with one attached hydrogen (secondary N) is 2. The summed E-state index contributed by atoms with van der Waals surface area (Å²) in [6.07, 6.45) is 8.68. The first-order chi connectivity index (χ1) is 14.2. The van der Waals surface area contributed by atoms with Crippen molar-refractivity contribution in [3.8, 4) is 0 Å². The van der Waals surface area contributed by atoms with Crippen LogP contribution in [-0.4, -0.2) is 41.7 Å². The highest BCUT2D eigenvalue weighted by Gasteiger charge is 2.14. The zero-order valence-electron chi connectivity index (χ0n) is 18.6. The van der Waals surface area contributed by atoms with E-state index in [2.05, 4.69) is 63.2 Å². The van der Waals surface area contributed by atoms with Gasteiger partial charge < -0.3 is 20.1 Å². The average Bonchev–Trinajstić information content (AvgIpc) is 3.40. The van der Waals surface area contributed by atoms with E-state index in [0.29, 0.717) is 0 Å². The monoisotopic (exact) mass is 524 g/mol. The molecule has 3 rings (SSSR count). The van der Waals surface area contributed by atoms with Crippen molar-refractivity contribution in [1.29, 1.82) is 0 Å². The fourth-order valence-corrected chi connectivity index (χ4v) is 3.80. The molecular formula is C23H37IN6. The molecule has 0 aliphatic carbocycles. The Kier molecular flexibility index (Phi) is 10.5. The number of hydrogen-bond acceptors (Lipinski definition) is 3. The second-order valence-electron chi connectivity index (χ2n) is 7.79. The summed E-state index contributed by atoms with van der Waals surface area (Å²) < 4.78 is 2.20. The number of halogens is 1. The first-order valence-corrected chi connectivity index (χ1v) is 11.0. The number of guanidine groups is 1. The first kappa shape index (κ1) is 24.5. The number of imidazole rings is 1. The van der Waals surface area contributed by atoms with Crippen molar-refractivity contribution in [2.24, 2.45) is 4.99 Å². The van der Waals surface area contributed by atoms with Crippen LogP contribution in [0.3, 0.4) is 0 Å². The molecule has 1 fully saturated rings. The molecule has 0 spiro atoms. The Morgan fingerprint density at radius 1 is 1.23 bits per heavy atom. The van der Waals surface area contributed by atoms with Crippen molar-refractivity contribution in [3.05, 3.63) is 48.0 Å². The molecule has 1 aliphatic rings. The van der Waals surface area contributed by atoms with Crippen LogP contribution in [0.1, 0.15) is 57.0 Å². The number of rotatable bonds is 9. The smallest absolute Gasteiger partial charge is 0.191 e. The summed E-state index contributed by atoms with van der Waals surface area (Å²) in [5.74, 6) is 1.97. The molecule has 0 amide bonds. The molecule has 1 aromatic carbocycles. The largest absolute Gasteiger partial charge is 0.372 e. The Morgan fingerprint density at radius 2 is 2.03 bits per heavy atom. The van der Waals surface area contributed by atoms with E-state index >= 15 is 0 Å². The van der Waals surface area contributed by atoms with Crippen LogP contribution in [0.4, 0.5) is 5.69 Å². The molecule has 1 saturated heterocycles. The number of aromatic nitrogens is 2. The van der Waals surface area contributed by atoms with E-state index in [0.717, 1.165) is 44.3 Å². The van der Waals surface area contributed by atoms with Crippen LogP contribution < -0.4 is 15.5 Å². The molecule has 2 aromatic rings. The van der Waals surface area contributed by atoms with Crippen molar-refractivity contribution in [3.63, 3.8) is 0 Å². The maximum atomic E-state index is 4.78. The molecule has 1 aliphatic heterocycles. The summed E-state index contributed by atoms with van der Waals surface area (Å²) in [5, 5.41) is 6.95. The van der Waals surface area contributed by atoms with E-state index in [1.807, 2.05) is 19.3 Å². The topological polar surface area (TPSA) is 57.5 Å². The zero-order valence-corrected chi connectivity index (χ0v) is 20.9. The highest BCUT2D eigenvalue weighted by molar-refractivity contribution is 14.0. The first-order valence-electron chi connectivity index (χ1n) is 11.0. The van der Waals surface area contributed by atoms with Gasteiger partial charge in [0.2, 0.25) is 0 Å². The van der Waals surface area contributed by atoms with Gasteiger partial charge in [0.25, 0.3) is 0 Å². The van der Waals surface area contributed by atoms with Gasteiger partial charge in [-0.1, -0.05) is 12.1 Å². The normalized spacial score (nSPS) is 15.0.